The third kappa shape index (κ3) is 4.24. The summed E-state index contributed by atoms with van der Waals surface area (Å²) >= 11 is 0. The predicted octanol–water partition coefficient (Wildman–Crippen LogP) is 14.7. The third-order valence-electron chi connectivity index (χ3n) is 13.8. The van der Waals surface area contributed by atoms with E-state index in [-0.39, 0.29) is 0 Å². The van der Waals surface area contributed by atoms with Crippen LogP contribution in [0.4, 0.5) is 0 Å². The van der Waals surface area contributed by atoms with Crippen molar-refractivity contribution in [1.29, 1.82) is 0 Å². The quantitative estimate of drug-likeness (QED) is 0.179. The first-order valence-electron chi connectivity index (χ1n) is 21.4. The number of nitrogens with zero attached hydrogens (tertiary/aromatic N) is 3. The molecule has 0 amide bonds. The molecule has 286 valence electrons. The van der Waals surface area contributed by atoms with Gasteiger partial charge < -0.3 is 4.57 Å². The Morgan fingerprint density at radius 2 is 0.919 bits per heavy atom. The summed E-state index contributed by atoms with van der Waals surface area (Å²) in [6, 6.07) is 77.8. The summed E-state index contributed by atoms with van der Waals surface area (Å²) in [5, 5.41) is 8.36. The summed E-state index contributed by atoms with van der Waals surface area (Å²) in [6.45, 7) is 0. The number of aromatic nitrogens is 3. The average molecular weight is 786 g/mol. The first-order valence-corrected chi connectivity index (χ1v) is 21.4. The van der Waals surface area contributed by atoms with Gasteiger partial charge in [-0.3, -0.25) is 0 Å². The number of rotatable bonds is 3. The number of fused-ring (bicyclic) bond motifs is 19. The Hall–Kier alpha value is -8.14. The third-order valence-corrected chi connectivity index (χ3v) is 13.8. The molecule has 0 fully saturated rings. The summed E-state index contributed by atoms with van der Waals surface area (Å²) < 4.78 is 2.59. The van der Waals surface area contributed by atoms with Crippen molar-refractivity contribution < 1.29 is 0 Å². The highest BCUT2D eigenvalue weighted by Crippen LogP contribution is 2.66. The zero-order chi connectivity index (χ0) is 40.5. The number of para-hydroxylation sites is 2. The van der Waals surface area contributed by atoms with E-state index >= 15 is 0 Å². The van der Waals surface area contributed by atoms with Crippen LogP contribution < -0.4 is 0 Å². The summed E-state index contributed by atoms with van der Waals surface area (Å²) in [5.41, 5.74) is 17.5. The van der Waals surface area contributed by atoms with Crippen LogP contribution in [0.5, 0.6) is 0 Å². The van der Waals surface area contributed by atoms with Gasteiger partial charge in [0.2, 0.25) is 0 Å². The summed E-state index contributed by atoms with van der Waals surface area (Å²) in [5.74, 6) is 0.716. The second kappa shape index (κ2) is 12.4. The molecule has 0 N–H and O–H groups in total. The Kier molecular flexibility index (Phi) is 6.76. The van der Waals surface area contributed by atoms with E-state index in [1.54, 1.807) is 0 Å². The van der Waals surface area contributed by atoms with Gasteiger partial charge in [0.25, 0.3) is 0 Å². The van der Waals surface area contributed by atoms with Crippen LogP contribution in [0.15, 0.2) is 212 Å². The van der Waals surface area contributed by atoms with Crippen molar-refractivity contribution in [3.05, 3.63) is 235 Å². The van der Waals surface area contributed by atoms with Crippen LogP contribution in [-0.2, 0) is 5.41 Å². The second-order valence-electron chi connectivity index (χ2n) is 16.7. The summed E-state index contributed by atoms with van der Waals surface area (Å²) in [4.78, 5) is 10.6. The molecule has 10 aromatic carbocycles. The minimum Gasteiger partial charge on any atom is -0.308 e. The molecule has 0 unspecified atom stereocenters. The first-order chi connectivity index (χ1) is 30.8. The monoisotopic (exact) mass is 785 g/mol. The van der Waals surface area contributed by atoms with E-state index in [2.05, 4.69) is 217 Å². The minimum atomic E-state index is -0.546. The zero-order valence-electron chi connectivity index (χ0n) is 33.5. The van der Waals surface area contributed by atoms with Crippen LogP contribution >= 0.6 is 0 Å². The molecule has 0 saturated carbocycles. The molecular weight excluding hydrogens is 751 g/mol. The SMILES string of the molecule is c1ccc(-c2nc(-c3ccc(-n4c5ccccc5c5c6ccccc6c6c(c54)C4(c5ccccc5-c5ccccc54)c4ccccc4-6)c4ccccc34)nc3ccccc23)cc1. The molecule has 1 spiro atoms. The minimum absolute atomic E-state index is 0.546. The van der Waals surface area contributed by atoms with E-state index in [9.17, 15) is 0 Å². The fourth-order valence-corrected chi connectivity index (χ4v) is 11.5. The molecule has 3 nitrogen and oxygen atoms in total. The second-order valence-corrected chi connectivity index (χ2v) is 16.7. The van der Waals surface area contributed by atoms with Gasteiger partial charge in [-0.15, -0.1) is 0 Å². The molecule has 0 radical (unpaired) electrons. The average Bonchev–Trinajstić information content (AvgIpc) is 3.96. The highest BCUT2D eigenvalue weighted by atomic mass is 15.0. The maximum absolute atomic E-state index is 5.36. The smallest absolute Gasteiger partial charge is 0.161 e. The van der Waals surface area contributed by atoms with Crippen molar-refractivity contribution in [2.45, 2.75) is 5.41 Å². The number of hydrogen-bond donors (Lipinski definition) is 0. The van der Waals surface area contributed by atoms with Crippen molar-refractivity contribution in [2.24, 2.45) is 0 Å². The molecule has 14 rings (SSSR count). The van der Waals surface area contributed by atoms with E-state index in [0.29, 0.717) is 5.82 Å². The van der Waals surface area contributed by atoms with Gasteiger partial charge in [-0.05, 0) is 79.4 Å². The fraction of sp³-hybridized carbons (Fsp3) is 0.0169. The van der Waals surface area contributed by atoms with Crippen LogP contribution in [0.25, 0.3) is 105 Å². The lowest BCUT2D eigenvalue weighted by molar-refractivity contribution is 0.797. The molecular formula is C59H35N3. The van der Waals surface area contributed by atoms with Gasteiger partial charge in [-0.1, -0.05) is 188 Å². The van der Waals surface area contributed by atoms with Crippen LogP contribution in [-0.4, -0.2) is 14.5 Å². The number of hydrogen-bond acceptors (Lipinski definition) is 2. The van der Waals surface area contributed by atoms with Crippen molar-refractivity contribution >= 4 is 54.3 Å². The van der Waals surface area contributed by atoms with Crippen LogP contribution in [0, 0.1) is 0 Å². The van der Waals surface area contributed by atoms with E-state index in [1.165, 1.54) is 77.1 Å². The van der Waals surface area contributed by atoms with E-state index in [4.69, 9.17) is 9.97 Å². The highest BCUT2D eigenvalue weighted by molar-refractivity contribution is 6.28. The van der Waals surface area contributed by atoms with E-state index in [0.717, 1.165) is 44.2 Å². The number of benzene rings is 10. The molecule has 2 heterocycles. The van der Waals surface area contributed by atoms with Gasteiger partial charge in [-0.2, -0.15) is 0 Å². The Labute approximate surface area is 357 Å². The van der Waals surface area contributed by atoms with Crippen molar-refractivity contribution in [2.75, 3.05) is 0 Å². The van der Waals surface area contributed by atoms with Crippen LogP contribution in [0.3, 0.4) is 0 Å². The lowest BCUT2D eigenvalue weighted by atomic mass is 9.70. The normalized spacial score (nSPS) is 13.3. The largest absolute Gasteiger partial charge is 0.308 e. The van der Waals surface area contributed by atoms with Gasteiger partial charge in [0.1, 0.15) is 0 Å². The lowest BCUT2D eigenvalue weighted by Crippen LogP contribution is -2.26. The Bertz CT molecular complexity index is 3830. The van der Waals surface area contributed by atoms with Crippen molar-refractivity contribution in [3.8, 4) is 50.6 Å². The van der Waals surface area contributed by atoms with Crippen molar-refractivity contribution in [3.63, 3.8) is 0 Å². The maximum atomic E-state index is 5.36. The molecule has 62 heavy (non-hydrogen) atoms. The molecule has 2 aliphatic rings. The fourth-order valence-electron chi connectivity index (χ4n) is 11.5. The summed E-state index contributed by atoms with van der Waals surface area (Å²) in [7, 11) is 0. The van der Waals surface area contributed by atoms with Gasteiger partial charge in [-0.25, -0.2) is 9.97 Å². The molecule has 0 saturated heterocycles. The van der Waals surface area contributed by atoms with Crippen LogP contribution in [0.2, 0.25) is 0 Å². The Morgan fingerprint density at radius 1 is 0.371 bits per heavy atom. The first kappa shape index (κ1) is 33.7. The van der Waals surface area contributed by atoms with E-state index < -0.39 is 5.41 Å². The van der Waals surface area contributed by atoms with Gasteiger partial charge in [0.05, 0.1) is 33.3 Å². The molecule has 0 bridgehead atoms. The lowest BCUT2D eigenvalue weighted by Gasteiger charge is -2.32. The maximum Gasteiger partial charge on any atom is 0.161 e. The summed E-state index contributed by atoms with van der Waals surface area (Å²) in [6.07, 6.45) is 0. The standard InChI is InChI=1S/C59H35N3/c1-2-18-36(19-3-1)56-45-27-11-16-32-50(45)60-58(61-56)43-34-35-52(40-23-5-4-20-37(40)43)62-51-33-17-12-28-46(51)54-42-25-7-6-24-41(42)53-44-26-10-15-31-49(44)59(55(53)57(54)62)47-29-13-8-21-38(47)39-22-9-14-30-48(39)59/h1-35H. The predicted molar refractivity (Wildman–Crippen MR) is 256 cm³/mol. The topological polar surface area (TPSA) is 30.7 Å². The Morgan fingerprint density at radius 3 is 1.66 bits per heavy atom. The Balaban J connectivity index is 1.15. The van der Waals surface area contributed by atoms with Crippen LogP contribution in [0.1, 0.15) is 22.3 Å². The molecule has 12 aromatic rings. The van der Waals surface area contributed by atoms with Gasteiger partial charge in [0.15, 0.2) is 5.82 Å². The van der Waals surface area contributed by atoms with Gasteiger partial charge in [0, 0.05) is 38.2 Å². The highest BCUT2D eigenvalue weighted by Gasteiger charge is 2.53. The molecule has 3 heteroatoms. The molecule has 0 aliphatic heterocycles. The molecule has 2 aromatic heterocycles. The zero-order valence-corrected chi connectivity index (χ0v) is 33.5. The molecule has 2 aliphatic carbocycles. The van der Waals surface area contributed by atoms with Gasteiger partial charge >= 0.3 is 0 Å². The molecule has 0 atom stereocenters. The van der Waals surface area contributed by atoms with E-state index in [1.807, 2.05) is 0 Å². The van der Waals surface area contributed by atoms with Crippen molar-refractivity contribution in [1.82, 2.24) is 14.5 Å².